The highest BCUT2D eigenvalue weighted by molar-refractivity contribution is 5.98. The van der Waals surface area contributed by atoms with Crippen molar-refractivity contribution in [3.05, 3.63) is 127 Å². The highest BCUT2D eigenvalue weighted by Crippen LogP contribution is 2.41. The van der Waals surface area contributed by atoms with Gasteiger partial charge >= 0.3 is 0 Å². The van der Waals surface area contributed by atoms with E-state index in [0.29, 0.717) is 76.1 Å². The number of halogens is 2. The fraction of sp³-hybridized carbons (Fsp3) is 0.639. The number of piperazine rings is 4. The van der Waals surface area contributed by atoms with E-state index < -0.39 is 10.8 Å². The van der Waals surface area contributed by atoms with E-state index in [1.54, 1.807) is 24.3 Å². The number of benzene rings is 2. The number of pyridine rings is 2. The van der Waals surface area contributed by atoms with Crippen molar-refractivity contribution in [2.45, 2.75) is 192 Å². The van der Waals surface area contributed by atoms with E-state index in [2.05, 4.69) is 105 Å². The van der Waals surface area contributed by atoms with Crippen LogP contribution in [-0.2, 0) is 42.8 Å². The maximum absolute atomic E-state index is 14.3. The van der Waals surface area contributed by atoms with Crippen LogP contribution in [-0.4, -0.2) is 204 Å². The lowest BCUT2D eigenvalue weighted by atomic mass is 9.91. The van der Waals surface area contributed by atoms with Gasteiger partial charge in [-0.2, -0.15) is 0 Å². The Bertz CT molecular complexity index is 3100. The van der Waals surface area contributed by atoms with Crippen molar-refractivity contribution in [1.82, 2.24) is 50.0 Å². The molecule has 20 heteroatoms. The molecule has 6 aliphatic rings. The number of amides is 4. The Morgan fingerprint density at radius 1 is 0.478 bits per heavy atom. The van der Waals surface area contributed by atoms with Gasteiger partial charge in [-0.1, -0.05) is 103 Å². The Hall–Kier alpha value is -6.16. The number of carbonyl (C=O) groups is 4. The Labute approximate surface area is 544 Å². The van der Waals surface area contributed by atoms with E-state index in [1.165, 1.54) is 49.9 Å². The van der Waals surface area contributed by atoms with Gasteiger partial charge in [0.15, 0.2) is 0 Å². The molecule has 6 atom stereocenters. The van der Waals surface area contributed by atoms with Crippen LogP contribution in [0.25, 0.3) is 0 Å². The van der Waals surface area contributed by atoms with Gasteiger partial charge in [0.25, 0.3) is 11.1 Å². The summed E-state index contributed by atoms with van der Waals surface area (Å²) in [6, 6.07) is 17.1. The summed E-state index contributed by atoms with van der Waals surface area (Å²) in [6.45, 7) is 27.5. The van der Waals surface area contributed by atoms with E-state index in [1.807, 2.05) is 21.9 Å². The van der Waals surface area contributed by atoms with Gasteiger partial charge in [-0.25, -0.2) is 8.78 Å². The van der Waals surface area contributed by atoms with E-state index >= 15 is 0 Å². The van der Waals surface area contributed by atoms with Gasteiger partial charge in [-0.15, -0.1) is 0 Å². The molecule has 0 saturated carbocycles. The average Bonchev–Trinajstić information content (AvgIpc) is 1.62. The lowest BCUT2D eigenvalue weighted by Gasteiger charge is -2.45. The summed E-state index contributed by atoms with van der Waals surface area (Å²) in [6.07, 6.45) is 12.8. The van der Waals surface area contributed by atoms with Crippen molar-refractivity contribution < 1.29 is 28.0 Å². The molecular formula is C72H104F2N12O6. The van der Waals surface area contributed by atoms with Crippen molar-refractivity contribution in [1.29, 1.82) is 0 Å². The number of rotatable bonds is 25. The van der Waals surface area contributed by atoms with Gasteiger partial charge in [0.2, 0.25) is 23.6 Å². The lowest BCUT2D eigenvalue weighted by molar-refractivity contribution is -0.135. The summed E-state index contributed by atoms with van der Waals surface area (Å²) in [4.78, 5) is 106. The third-order valence-electron chi connectivity index (χ3n) is 20.7. The molecule has 0 radical (unpaired) electrons. The van der Waals surface area contributed by atoms with Crippen LogP contribution in [0.1, 0.15) is 166 Å². The fourth-order valence-electron chi connectivity index (χ4n) is 15.2. The Morgan fingerprint density at radius 2 is 0.837 bits per heavy atom. The third-order valence-corrected chi connectivity index (χ3v) is 20.7. The molecule has 4 N–H and O–H groups in total. The molecule has 8 heterocycles. The first-order chi connectivity index (χ1) is 44.0. The highest BCUT2D eigenvalue weighted by Gasteiger charge is 2.44. The number of nitrogens with one attached hydrogen (secondary N) is 4. The Morgan fingerprint density at radius 3 is 1.20 bits per heavy atom. The van der Waals surface area contributed by atoms with Crippen LogP contribution >= 0.6 is 0 Å². The number of fused-ring (bicyclic) bond motifs is 2. The maximum Gasteiger partial charge on any atom is 0.251 e. The van der Waals surface area contributed by atoms with Crippen LogP contribution in [0, 0.1) is 11.6 Å². The quantitative estimate of drug-likeness (QED) is 0.0479. The minimum atomic E-state index is -0.427. The molecule has 502 valence electrons. The number of hydrogen-bond acceptors (Lipinski definition) is 12. The van der Waals surface area contributed by atoms with Gasteiger partial charge in [0.1, 0.15) is 11.6 Å². The first kappa shape index (κ1) is 68.7. The summed E-state index contributed by atoms with van der Waals surface area (Å²) >= 11 is 0. The van der Waals surface area contributed by atoms with Crippen LogP contribution in [0.5, 0.6) is 0 Å². The molecule has 2 aromatic heterocycles. The van der Waals surface area contributed by atoms with E-state index in [4.69, 9.17) is 0 Å². The molecule has 2 unspecified atom stereocenters. The number of unbranched alkanes of at least 4 members (excludes halogenated alkanes) is 9. The average molecular weight is 1270 g/mol. The molecule has 10 rings (SSSR count). The van der Waals surface area contributed by atoms with Crippen molar-refractivity contribution in [2.24, 2.45) is 0 Å². The zero-order chi connectivity index (χ0) is 65.4. The Kier molecular flexibility index (Phi) is 22.8. The van der Waals surface area contributed by atoms with Crippen molar-refractivity contribution >= 4 is 35.0 Å². The van der Waals surface area contributed by atoms with Gasteiger partial charge in [0.05, 0.1) is 24.5 Å². The van der Waals surface area contributed by atoms with Crippen molar-refractivity contribution in [3.63, 3.8) is 0 Å². The fourth-order valence-corrected chi connectivity index (χ4v) is 15.2. The molecule has 0 bridgehead atoms. The topological polar surface area (TPSA) is 184 Å². The van der Waals surface area contributed by atoms with Crippen LogP contribution in [0.3, 0.4) is 0 Å². The predicted molar refractivity (Wildman–Crippen MR) is 360 cm³/mol. The summed E-state index contributed by atoms with van der Waals surface area (Å²) in [7, 11) is 0. The van der Waals surface area contributed by atoms with Gasteiger partial charge in [-0.3, -0.25) is 48.4 Å². The number of anilines is 2. The van der Waals surface area contributed by atoms with Gasteiger partial charge in [0, 0.05) is 187 Å². The number of aromatic amines is 2. The molecule has 92 heavy (non-hydrogen) atoms. The van der Waals surface area contributed by atoms with Crippen molar-refractivity contribution in [2.75, 3.05) is 115 Å². The lowest BCUT2D eigenvalue weighted by Crippen LogP contribution is -2.63. The summed E-state index contributed by atoms with van der Waals surface area (Å²) in [5.41, 5.74) is 4.52. The third kappa shape index (κ3) is 17.2. The van der Waals surface area contributed by atoms with Crippen LogP contribution in [0.15, 0.2) is 70.3 Å². The molecule has 0 aliphatic carbocycles. The number of hydrogen-bond donors (Lipinski definition) is 4. The first-order valence-electron chi connectivity index (χ1n) is 34.6. The van der Waals surface area contributed by atoms with E-state index in [0.717, 1.165) is 125 Å². The molecule has 4 saturated heterocycles. The first-order valence-corrected chi connectivity index (χ1v) is 34.6. The zero-order valence-corrected chi connectivity index (χ0v) is 56.2. The molecule has 4 aromatic rings. The normalized spacial score (nSPS) is 23.7. The second kappa shape index (κ2) is 30.5. The number of nitrogens with zero attached hydrogens (tertiary/aromatic N) is 8. The van der Waals surface area contributed by atoms with Crippen LogP contribution < -0.4 is 31.6 Å². The molecule has 4 amide bonds. The molecule has 0 spiro atoms. The second-order valence-electron chi connectivity index (χ2n) is 29.3. The minimum Gasteiger partial charge on any atom is -0.340 e. The minimum absolute atomic E-state index is 0.00615. The standard InChI is InChI=1S/C72H104F2N12O6/c1-49-39-83(45-65(89)85-47-71(5,6)67-61(85)35-55(69(91)77-67)33-53-21-25-57(73)26-22-53)59(37-75-49)43-79-29-31-81(41-51(79)3)63(87)19-17-15-13-11-9-10-12-14-16-18-20-64(88)82-32-30-80(52(4)42-82)44-60-38-76-50(2)40-84(60)46-66(90)86-48-72(7,8)68-62(86)36-56(70(92)78-68)34-54-23-27-58(74)28-24-54/h21-28,35-36,49-52,59-60,75-76H,9-20,29-34,37-48H2,1-8H3,(H,77,91)(H,78,92)/t49-,50-,51?,52?,59-,60-/m1/s1. The maximum atomic E-state index is 14.3. The monoisotopic (exact) mass is 1270 g/mol. The second-order valence-corrected chi connectivity index (χ2v) is 29.3. The van der Waals surface area contributed by atoms with E-state index in [-0.39, 0.29) is 95.7 Å². The smallest absolute Gasteiger partial charge is 0.251 e. The number of aromatic nitrogens is 2. The highest BCUT2D eigenvalue weighted by atomic mass is 19.1. The van der Waals surface area contributed by atoms with Gasteiger partial charge < -0.3 is 40.2 Å². The number of H-pyrrole nitrogens is 2. The summed E-state index contributed by atoms with van der Waals surface area (Å²) in [5, 5.41) is 7.30. The molecule has 6 aliphatic heterocycles. The summed E-state index contributed by atoms with van der Waals surface area (Å²) < 4.78 is 27.3. The number of carbonyl (C=O) groups excluding carboxylic acids is 4. The largest absolute Gasteiger partial charge is 0.340 e. The SMILES string of the molecule is CC1CN(C(=O)CCCCCCCCCCCCC(=O)N2CCN(C[C@H]3CN[C@H](C)CN3CC(=O)N3CC(C)(C)c4[nH]c(=O)c(Cc5ccc(F)cc5)cc43)C(C)C2)CCN1C[C@H]1CN[C@H](C)CN1CC(=O)N1CC(C)(C)c2[nH]c(=O)c(Cc3ccc(F)cc3)cc21. The van der Waals surface area contributed by atoms with Crippen LogP contribution in [0.4, 0.5) is 20.2 Å². The molecule has 4 fully saturated rings. The summed E-state index contributed by atoms with van der Waals surface area (Å²) in [5.74, 6) is -0.145. The van der Waals surface area contributed by atoms with Gasteiger partial charge in [-0.05, 0) is 88.1 Å². The molecular weight excluding hydrogens is 1170 g/mol. The van der Waals surface area contributed by atoms with Crippen molar-refractivity contribution in [3.8, 4) is 0 Å². The molecule has 18 nitrogen and oxygen atoms in total. The molecule has 2 aromatic carbocycles. The predicted octanol–water partition coefficient (Wildman–Crippen LogP) is 7.54. The van der Waals surface area contributed by atoms with E-state index in [9.17, 15) is 37.5 Å². The van der Waals surface area contributed by atoms with Crippen LogP contribution in [0.2, 0.25) is 0 Å². The zero-order valence-electron chi connectivity index (χ0n) is 56.2. The Balaban J connectivity index is 0.574.